The van der Waals surface area contributed by atoms with Crippen molar-refractivity contribution in [3.63, 3.8) is 0 Å². The number of rotatable bonds is 3. The maximum atomic E-state index is 11.3. The molecule has 0 aliphatic heterocycles. The number of thiazole rings is 1. The van der Waals surface area contributed by atoms with Gasteiger partial charge in [0.25, 0.3) is 0 Å². The number of hydrogen-bond acceptors (Lipinski definition) is 4. The Kier molecular flexibility index (Phi) is 3.41. The van der Waals surface area contributed by atoms with Crippen LogP contribution in [-0.4, -0.2) is 22.8 Å². The SMILES string of the molecule is COc1cc(Cl)c(-c2nc3sccn3c2C=O)cc1Cl. The summed E-state index contributed by atoms with van der Waals surface area (Å²) in [5.41, 5.74) is 1.57. The van der Waals surface area contributed by atoms with E-state index in [1.54, 1.807) is 22.7 Å². The Balaban J connectivity index is 2.27. The third-order valence-electron chi connectivity index (χ3n) is 2.91. The Morgan fingerprint density at radius 3 is 2.85 bits per heavy atom. The first-order valence-electron chi connectivity index (χ1n) is 5.60. The number of halogens is 2. The molecule has 0 fully saturated rings. The molecule has 1 aromatic carbocycles. The molecule has 0 saturated heterocycles. The van der Waals surface area contributed by atoms with Gasteiger partial charge in [0, 0.05) is 23.2 Å². The Morgan fingerprint density at radius 1 is 1.35 bits per heavy atom. The second-order valence-electron chi connectivity index (χ2n) is 3.99. The summed E-state index contributed by atoms with van der Waals surface area (Å²) in [6.07, 6.45) is 2.55. The van der Waals surface area contributed by atoms with Crippen LogP contribution in [0.5, 0.6) is 5.75 Å². The maximum absolute atomic E-state index is 11.3. The van der Waals surface area contributed by atoms with Crippen molar-refractivity contribution in [2.45, 2.75) is 0 Å². The lowest BCUT2D eigenvalue weighted by Gasteiger charge is -2.07. The van der Waals surface area contributed by atoms with Crippen LogP contribution >= 0.6 is 34.5 Å². The van der Waals surface area contributed by atoms with Crippen LogP contribution in [0.25, 0.3) is 16.2 Å². The predicted octanol–water partition coefficient (Wildman–Crippen LogP) is 4.19. The summed E-state index contributed by atoms with van der Waals surface area (Å²) in [5, 5.41) is 2.71. The van der Waals surface area contributed by atoms with Crippen molar-refractivity contribution in [2.75, 3.05) is 7.11 Å². The summed E-state index contributed by atoms with van der Waals surface area (Å²) in [7, 11) is 1.51. The summed E-state index contributed by atoms with van der Waals surface area (Å²) < 4.78 is 6.83. The first kappa shape index (κ1) is 13.4. The minimum Gasteiger partial charge on any atom is -0.495 e. The lowest BCUT2D eigenvalue weighted by molar-refractivity contribution is 0.111. The minimum atomic E-state index is 0.417. The summed E-state index contributed by atoms with van der Waals surface area (Å²) >= 11 is 13.8. The topological polar surface area (TPSA) is 43.6 Å². The second-order valence-corrected chi connectivity index (χ2v) is 5.67. The molecule has 0 spiro atoms. The fourth-order valence-electron chi connectivity index (χ4n) is 1.98. The third-order valence-corrected chi connectivity index (χ3v) is 4.27. The molecular weight excluding hydrogens is 319 g/mol. The van der Waals surface area contributed by atoms with Gasteiger partial charge in [-0.1, -0.05) is 23.2 Å². The zero-order valence-corrected chi connectivity index (χ0v) is 12.6. The van der Waals surface area contributed by atoms with E-state index in [9.17, 15) is 4.79 Å². The van der Waals surface area contributed by atoms with E-state index in [0.29, 0.717) is 32.7 Å². The van der Waals surface area contributed by atoms with Gasteiger partial charge in [-0.2, -0.15) is 0 Å². The standard InChI is InChI=1S/C13H8Cl2N2O2S/c1-19-11-5-8(14)7(4-9(11)15)12-10(6-18)17-2-3-20-13(17)16-12/h2-6H,1H3. The van der Waals surface area contributed by atoms with Crippen LogP contribution in [0.3, 0.4) is 0 Å². The number of nitrogens with zero attached hydrogens (tertiary/aromatic N) is 2. The maximum Gasteiger partial charge on any atom is 0.194 e. The molecule has 0 bridgehead atoms. The van der Waals surface area contributed by atoms with Crippen LogP contribution in [-0.2, 0) is 0 Å². The largest absolute Gasteiger partial charge is 0.495 e. The number of carbonyl (C=O) groups is 1. The molecule has 0 amide bonds. The number of imidazole rings is 1. The van der Waals surface area contributed by atoms with E-state index in [4.69, 9.17) is 27.9 Å². The van der Waals surface area contributed by atoms with Crippen molar-refractivity contribution in [2.24, 2.45) is 0 Å². The normalized spacial score (nSPS) is 10.9. The molecule has 0 radical (unpaired) electrons. The number of fused-ring (bicyclic) bond motifs is 1. The lowest BCUT2D eigenvalue weighted by Crippen LogP contribution is -1.92. The number of benzene rings is 1. The first-order valence-corrected chi connectivity index (χ1v) is 7.23. The Labute approximate surface area is 128 Å². The van der Waals surface area contributed by atoms with Gasteiger partial charge in [0.1, 0.15) is 17.1 Å². The Hall–Kier alpha value is -1.56. The molecule has 0 unspecified atom stereocenters. The first-order chi connectivity index (χ1) is 9.65. The van der Waals surface area contributed by atoms with Gasteiger partial charge >= 0.3 is 0 Å². The Bertz CT molecular complexity index is 810. The van der Waals surface area contributed by atoms with Gasteiger partial charge < -0.3 is 4.74 Å². The average Bonchev–Trinajstić information content (AvgIpc) is 3.00. The van der Waals surface area contributed by atoms with Crippen molar-refractivity contribution in [3.8, 4) is 17.0 Å². The average molecular weight is 327 g/mol. The highest BCUT2D eigenvalue weighted by molar-refractivity contribution is 7.15. The van der Waals surface area contributed by atoms with Crippen LogP contribution in [0.4, 0.5) is 0 Å². The number of aldehydes is 1. The van der Waals surface area contributed by atoms with Crippen molar-refractivity contribution in [3.05, 3.63) is 39.4 Å². The highest BCUT2D eigenvalue weighted by Gasteiger charge is 2.18. The van der Waals surface area contributed by atoms with E-state index < -0.39 is 0 Å². The molecule has 102 valence electrons. The fraction of sp³-hybridized carbons (Fsp3) is 0.0769. The lowest BCUT2D eigenvalue weighted by atomic mass is 10.1. The Morgan fingerprint density at radius 2 is 2.15 bits per heavy atom. The molecule has 0 saturated carbocycles. The molecule has 2 heterocycles. The second kappa shape index (κ2) is 5.09. The van der Waals surface area contributed by atoms with Crippen LogP contribution < -0.4 is 4.74 Å². The zero-order valence-electron chi connectivity index (χ0n) is 10.3. The highest BCUT2D eigenvalue weighted by atomic mass is 35.5. The summed E-state index contributed by atoms with van der Waals surface area (Å²) in [5.74, 6) is 0.481. The van der Waals surface area contributed by atoms with E-state index >= 15 is 0 Å². The minimum absolute atomic E-state index is 0.417. The molecule has 2 aromatic heterocycles. The van der Waals surface area contributed by atoms with E-state index in [0.717, 1.165) is 11.2 Å². The number of aromatic nitrogens is 2. The van der Waals surface area contributed by atoms with Gasteiger partial charge in [-0.25, -0.2) is 4.98 Å². The van der Waals surface area contributed by atoms with Crippen LogP contribution in [0, 0.1) is 0 Å². The molecule has 0 aliphatic carbocycles. The monoisotopic (exact) mass is 326 g/mol. The number of hydrogen-bond donors (Lipinski definition) is 0. The van der Waals surface area contributed by atoms with Crippen LogP contribution in [0.15, 0.2) is 23.7 Å². The molecule has 7 heteroatoms. The van der Waals surface area contributed by atoms with Gasteiger partial charge in [0.05, 0.1) is 17.2 Å². The number of ether oxygens (including phenoxy) is 1. The third kappa shape index (κ3) is 1.98. The molecule has 3 rings (SSSR count). The van der Waals surface area contributed by atoms with E-state index in [2.05, 4.69) is 4.98 Å². The molecular formula is C13H8Cl2N2O2S. The zero-order chi connectivity index (χ0) is 14.3. The van der Waals surface area contributed by atoms with Gasteiger partial charge in [0.2, 0.25) is 0 Å². The molecule has 0 aliphatic rings. The molecule has 0 N–H and O–H groups in total. The molecule has 0 atom stereocenters. The van der Waals surface area contributed by atoms with Crippen molar-refractivity contribution in [1.82, 2.24) is 9.38 Å². The van der Waals surface area contributed by atoms with Crippen LogP contribution in [0.2, 0.25) is 10.0 Å². The van der Waals surface area contributed by atoms with Crippen molar-refractivity contribution < 1.29 is 9.53 Å². The molecule has 3 aromatic rings. The smallest absolute Gasteiger partial charge is 0.194 e. The van der Waals surface area contributed by atoms with Crippen molar-refractivity contribution in [1.29, 1.82) is 0 Å². The quantitative estimate of drug-likeness (QED) is 0.678. The van der Waals surface area contributed by atoms with E-state index in [-0.39, 0.29) is 0 Å². The molecule has 20 heavy (non-hydrogen) atoms. The van der Waals surface area contributed by atoms with Gasteiger partial charge in [0.15, 0.2) is 11.2 Å². The van der Waals surface area contributed by atoms with E-state index in [1.165, 1.54) is 18.4 Å². The van der Waals surface area contributed by atoms with Crippen molar-refractivity contribution >= 4 is 45.8 Å². The van der Waals surface area contributed by atoms with E-state index in [1.807, 2.05) is 5.38 Å². The predicted molar refractivity (Wildman–Crippen MR) is 80.5 cm³/mol. The molecule has 4 nitrogen and oxygen atoms in total. The number of carbonyl (C=O) groups excluding carboxylic acids is 1. The summed E-state index contributed by atoms with van der Waals surface area (Å²) in [4.78, 5) is 16.5. The van der Waals surface area contributed by atoms with Gasteiger partial charge in [-0.05, 0) is 6.07 Å². The number of methoxy groups -OCH3 is 1. The summed E-state index contributed by atoms with van der Waals surface area (Å²) in [6.45, 7) is 0. The van der Waals surface area contributed by atoms with Gasteiger partial charge in [-0.3, -0.25) is 9.20 Å². The van der Waals surface area contributed by atoms with Crippen LogP contribution in [0.1, 0.15) is 10.5 Å². The van der Waals surface area contributed by atoms with Gasteiger partial charge in [-0.15, -0.1) is 11.3 Å². The highest BCUT2D eigenvalue weighted by Crippen LogP contribution is 2.37. The summed E-state index contributed by atoms with van der Waals surface area (Å²) in [6, 6.07) is 3.27. The fourth-order valence-corrected chi connectivity index (χ4v) is 3.19.